The van der Waals surface area contributed by atoms with E-state index in [1.807, 2.05) is 61.7 Å². The van der Waals surface area contributed by atoms with Gasteiger partial charge in [0.05, 0.1) is 11.6 Å². The number of aryl methyl sites for hydroxylation is 1. The molecular formula is C29H23ClN2O5. The fourth-order valence-electron chi connectivity index (χ4n) is 4.58. The molecule has 5 rings (SSSR count). The summed E-state index contributed by atoms with van der Waals surface area (Å²) in [5.41, 5.74) is 4.40. The zero-order valence-corrected chi connectivity index (χ0v) is 20.7. The number of halogens is 1. The van der Waals surface area contributed by atoms with Gasteiger partial charge in [0, 0.05) is 34.2 Å². The second-order valence-electron chi connectivity index (χ2n) is 8.61. The molecule has 1 unspecified atom stereocenters. The average molecular weight is 515 g/mol. The first-order valence-electron chi connectivity index (χ1n) is 11.5. The van der Waals surface area contributed by atoms with Gasteiger partial charge in [-0.3, -0.25) is 9.59 Å². The predicted octanol–water partition coefficient (Wildman–Crippen LogP) is 5.21. The highest BCUT2D eigenvalue weighted by Crippen LogP contribution is 2.40. The summed E-state index contributed by atoms with van der Waals surface area (Å²) in [5, 5.41) is 12.7. The normalized spacial score (nSPS) is 16.4. The summed E-state index contributed by atoms with van der Waals surface area (Å²) >= 11 is 6.12. The Balaban J connectivity index is 0.00000102. The highest BCUT2D eigenvalue weighted by atomic mass is 35.5. The van der Waals surface area contributed by atoms with Crippen molar-refractivity contribution in [3.05, 3.63) is 112 Å². The van der Waals surface area contributed by atoms with E-state index in [4.69, 9.17) is 21.2 Å². The first-order valence-corrected chi connectivity index (χ1v) is 11.9. The quantitative estimate of drug-likeness (QED) is 0.216. The molecule has 2 heterocycles. The number of aliphatic hydroxyl groups is 1. The number of aromatic amines is 1. The van der Waals surface area contributed by atoms with Crippen molar-refractivity contribution in [1.29, 1.82) is 0 Å². The van der Waals surface area contributed by atoms with E-state index < -0.39 is 17.7 Å². The second kappa shape index (κ2) is 11.1. The van der Waals surface area contributed by atoms with Gasteiger partial charge in [0.25, 0.3) is 11.7 Å². The van der Waals surface area contributed by atoms with Crippen molar-refractivity contribution in [1.82, 2.24) is 9.88 Å². The lowest BCUT2D eigenvalue weighted by Gasteiger charge is -2.25. The number of para-hydroxylation sites is 1. The fourth-order valence-corrected chi connectivity index (χ4v) is 4.77. The minimum absolute atomic E-state index is 0.0787. The van der Waals surface area contributed by atoms with Gasteiger partial charge in [-0.15, -0.1) is 0 Å². The number of likely N-dealkylation sites (tertiary alicyclic amines) is 1. The van der Waals surface area contributed by atoms with Crippen molar-refractivity contribution in [2.24, 2.45) is 0 Å². The molecule has 1 aliphatic heterocycles. The first kappa shape index (κ1) is 25.6. The van der Waals surface area contributed by atoms with Gasteiger partial charge in [-0.05, 0) is 42.7 Å². The van der Waals surface area contributed by atoms with Crippen LogP contribution in [-0.2, 0) is 25.6 Å². The number of nitrogens with one attached hydrogen (secondary N) is 1. The lowest BCUT2D eigenvalue weighted by molar-refractivity contribution is -0.191. The van der Waals surface area contributed by atoms with Crippen molar-refractivity contribution in [3.63, 3.8) is 0 Å². The minimum atomic E-state index is -0.693. The van der Waals surface area contributed by atoms with Gasteiger partial charge in [0.1, 0.15) is 5.76 Å². The van der Waals surface area contributed by atoms with Crippen LogP contribution in [0.25, 0.3) is 16.7 Å². The zero-order valence-electron chi connectivity index (χ0n) is 19.9. The maximum atomic E-state index is 13.2. The number of aliphatic hydroxyl groups excluding tert-OH is 1. The molecule has 186 valence electrons. The Morgan fingerprint density at radius 3 is 2.43 bits per heavy atom. The summed E-state index contributed by atoms with van der Waals surface area (Å²) in [4.78, 5) is 47.4. The molecule has 1 aliphatic rings. The standard InChI is InChI=1S/C28H23ClN2O3.CO2/c1-17-9-11-18(12-10-17)25-24(26(32)19-5-4-6-21(29)15-19)27(33)28(34)31(25)14-13-20-16-30-23-8-3-2-7-22(20)23;2-1-3/h2-12,15-16,25,30,32H,13-14H2,1H3;. The molecule has 37 heavy (non-hydrogen) atoms. The third-order valence-corrected chi connectivity index (χ3v) is 6.56. The molecule has 4 aromatic rings. The van der Waals surface area contributed by atoms with E-state index >= 15 is 0 Å². The van der Waals surface area contributed by atoms with Gasteiger partial charge in [-0.2, -0.15) is 9.59 Å². The number of ketones is 1. The molecule has 3 aromatic carbocycles. The number of hydrogen-bond donors (Lipinski definition) is 2. The van der Waals surface area contributed by atoms with E-state index in [2.05, 4.69) is 4.98 Å². The van der Waals surface area contributed by atoms with Crippen LogP contribution in [0.15, 0.2) is 84.6 Å². The number of amides is 1. The molecule has 0 spiro atoms. The lowest BCUT2D eigenvalue weighted by atomic mass is 9.94. The van der Waals surface area contributed by atoms with E-state index in [1.54, 1.807) is 29.2 Å². The third-order valence-electron chi connectivity index (χ3n) is 6.33. The summed E-state index contributed by atoms with van der Waals surface area (Å²) in [7, 11) is 0. The molecule has 1 saturated heterocycles. The van der Waals surface area contributed by atoms with Gasteiger partial charge in [0.2, 0.25) is 0 Å². The molecule has 1 fully saturated rings. The Labute approximate surface area is 218 Å². The number of benzene rings is 3. The predicted molar refractivity (Wildman–Crippen MR) is 139 cm³/mol. The van der Waals surface area contributed by atoms with Crippen LogP contribution in [0.2, 0.25) is 5.02 Å². The summed E-state index contributed by atoms with van der Waals surface area (Å²) in [6, 6.07) is 21.6. The molecule has 0 saturated carbocycles. The zero-order chi connectivity index (χ0) is 26.5. The Kier molecular flexibility index (Phi) is 7.68. The fraction of sp³-hybridized carbons (Fsp3) is 0.138. The maximum absolute atomic E-state index is 13.2. The lowest BCUT2D eigenvalue weighted by Crippen LogP contribution is -2.31. The average Bonchev–Trinajstić information content (AvgIpc) is 3.42. The number of Topliss-reactive ketones (excluding diaryl/α,β-unsaturated/α-hetero) is 1. The van der Waals surface area contributed by atoms with Crippen LogP contribution in [0.4, 0.5) is 0 Å². The van der Waals surface area contributed by atoms with Crippen LogP contribution in [0.3, 0.4) is 0 Å². The van der Waals surface area contributed by atoms with Crippen molar-refractivity contribution >= 4 is 46.1 Å². The van der Waals surface area contributed by atoms with Gasteiger partial charge in [0.15, 0.2) is 0 Å². The molecular weight excluding hydrogens is 492 g/mol. The van der Waals surface area contributed by atoms with Crippen LogP contribution in [-0.4, -0.2) is 39.4 Å². The monoisotopic (exact) mass is 514 g/mol. The number of rotatable bonds is 5. The molecule has 0 aliphatic carbocycles. The molecule has 8 heteroatoms. The number of H-pyrrole nitrogens is 1. The molecule has 2 N–H and O–H groups in total. The van der Waals surface area contributed by atoms with Gasteiger partial charge >= 0.3 is 6.15 Å². The summed E-state index contributed by atoms with van der Waals surface area (Å²) in [6.07, 6.45) is 2.75. The molecule has 0 radical (unpaired) electrons. The first-order chi connectivity index (χ1) is 17.8. The molecule has 1 atom stereocenters. The summed E-state index contributed by atoms with van der Waals surface area (Å²) in [5.74, 6) is -1.53. The van der Waals surface area contributed by atoms with Crippen LogP contribution in [0.1, 0.15) is 28.3 Å². The number of carbonyl (C=O) groups excluding carboxylic acids is 4. The van der Waals surface area contributed by atoms with Gasteiger partial charge in [-0.25, -0.2) is 0 Å². The smallest absolute Gasteiger partial charge is 0.373 e. The molecule has 1 aromatic heterocycles. The Hall–Kier alpha value is -4.45. The van der Waals surface area contributed by atoms with Crippen molar-refractivity contribution in [2.75, 3.05) is 6.54 Å². The van der Waals surface area contributed by atoms with Crippen LogP contribution < -0.4 is 0 Å². The Morgan fingerprint density at radius 2 is 1.73 bits per heavy atom. The molecule has 0 bridgehead atoms. The van der Waals surface area contributed by atoms with Crippen LogP contribution >= 0.6 is 11.6 Å². The third kappa shape index (κ3) is 5.23. The van der Waals surface area contributed by atoms with E-state index in [-0.39, 0.29) is 17.5 Å². The largest absolute Gasteiger partial charge is 0.507 e. The highest BCUT2D eigenvalue weighted by Gasteiger charge is 2.45. The van der Waals surface area contributed by atoms with Crippen LogP contribution in [0.5, 0.6) is 0 Å². The Bertz CT molecular complexity index is 1530. The van der Waals surface area contributed by atoms with E-state index in [1.165, 1.54) is 0 Å². The topological polar surface area (TPSA) is 108 Å². The van der Waals surface area contributed by atoms with Crippen molar-refractivity contribution in [3.8, 4) is 0 Å². The SMILES string of the molecule is Cc1ccc(C2C(=C(O)c3cccc(Cl)c3)C(=O)C(=O)N2CCc2c[nH]c3ccccc23)cc1.O=C=O. The second-order valence-corrected chi connectivity index (χ2v) is 9.04. The number of aromatic nitrogens is 1. The van der Waals surface area contributed by atoms with E-state index in [0.717, 1.165) is 27.6 Å². The van der Waals surface area contributed by atoms with E-state index in [9.17, 15) is 14.7 Å². The summed E-state index contributed by atoms with van der Waals surface area (Å²) in [6.45, 7) is 2.31. The van der Waals surface area contributed by atoms with Gasteiger partial charge in [-0.1, -0.05) is 71.8 Å². The molecule has 1 amide bonds. The van der Waals surface area contributed by atoms with Crippen molar-refractivity contribution < 1.29 is 24.3 Å². The number of hydrogen-bond acceptors (Lipinski definition) is 5. The minimum Gasteiger partial charge on any atom is -0.507 e. The molecule has 7 nitrogen and oxygen atoms in total. The number of carbonyl (C=O) groups is 2. The Morgan fingerprint density at radius 1 is 1.03 bits per heavy atom. The van der Waals surface area contributed by atoms with Crippen LogP contribution in [0, 0.1) is 6.92 Å². The highest BCUT2D eigenvalue weighted by molar-refractivity contribution is 6.46. The van der Waals surface area contributed by atoms with Gasteiger partial charge < -0.3 is 15.0 Å². The van der Waals surface area contributed by atoms with Crippen molar-refractivity contribution in [2.45, 2.75) is 19.4 Å². The maximum Gasteiger partial charge on any atom is 0.373 e. The number of nitrogens with zero attached hydrogens (tertiary/aromatic N) is 1. The van der Waals surface area contributed by atoms with E-state index in [0.29, 0.717) is 23.6 Å². The number of fused-ring (bicyclic) bond motifs is 1. The summed E-state index contributed by atoms with van der Waals surface area (Å²) < 4.78 is 0.